The molecule has 0 radical (unpaired) electrons. The van der Waals surface area contributed by atoms with Crippen molar-refractivity contribution in [1.82, 2.24) is 9.88 Å². The summed E-state index contributed by atoms with van der Waals surface area (Å²) in [6, 6.07) is 3.94. The highest BCUT2D eigenvalue weighted by molar-refractivity contribution is 6.30. The van der Waals surface area contributed by atoms with Crippen LogP contribution in [0.2, 0.25) is 5.15 Å². The molecule has 1 aromatic heterocycles. The first-order chi connectivity index (χ1) is 7.50. The molecule has 2 N–H and O–H groups in total. The number of carbonyl (C=O) groups excluding carboxylic acids is 1. The standard InChI is InChI=1S/C11H16ClN3O/c1-8(2)15(7-10(13)16)6-9-4-3-5-14-11(9)12/h3-5,8H,6-7H2,1-2H3,(H2,13,16). The Morgan fingerprint density at radius 1 is 1.62 bits per heavy atom. The van der Waals surface area contributed by atoms with Crippen LogP contribution in [0, 0.1) is 0 Å². The number of nitrogens with two attached hydrogens (primary N) is 1. The largest absolute Gasteiger partial charge is 0.369 e. The Hall–Kier alpha value is -1.13. The summed E-state index contributed by atoms with van der Waals surface area (Å²) in [4.78, 5) is 16.9. The molecule has 1 aromatic rings. The lowest BCUT2D eigenvalue weighted by molar-refractivity contribution is -0.119. The SMILES string of the molecule is CC(C)N(CC(N)=O)Cc1cccnc1Cl. The minimum absolute atomic E-state index is 0.225. The maximum atomic E-state index is 10.9. The van der Waals surface area contributed by atoms with Crippen LogP contribution in [0.4, 0.5) is 0 Å². The minimum Gasteiger partial charge on any atom is -0.369 e. The molecule has 1 rings (SSSR count). The van der Waals surface area contributed by atoms with E-state index in [1.165, 1.54) is 0 Å². The first-order valence-electron chi connectivity index (χ1n) is 5.12. The average Bonchev–Trinajstić information content (AvgIpc) is 2.19. The van der Waals surface area contributed by atoms with E-state index in [1.807, 2.05) is 30.9 Å². The summed E-state index contributed by atoms with van der Waals surface area (Å²) in [7, 11) is 0. The molecule has 4 nitrogen and oxygen atoms in total. The van der Waals surface area contributed by atoms with Crippen molar-refractivity contribution >= 4 is 17.5 Å². The number of amides is 1. The maximum Gasteiger partial charge on any atom is 0.231 e. The molecule has 0 saturated heterocycles. The summed E-state index contributed by atoms with van der Waals surface area (Å²) in [5.41, 5.74) is 6.10. The lowest BCUT2D eigenvalue weighted by atomic mass is 10.2. The Labute approximate surface area is 100 Å². The molecule has 0 aliphatic carbocycles. The maximum absolute atomic E-state index is 10.9. The van der Waals surface area contributed by atoms with Crippen molar-refractivity contribution in [1.29, 1.82) is 0 Å². The van der Waals surface area contributed by atoms with Gasteiger partial charge in [-0.25, -0.2) is 4.98 Å². The van der Waals surface area contributed by atoms with Crippen LogP contribution in [-0.4, -0.2) is 28.4 Å². The van der Waals surface area contributed by atoms with Gasteiger partial charge in [-0.15, -0.1) is 0 Å². The smallest absolute Gasteiger partial charge is 0.231 e. The monoisotopic (exact) mass is 241 g/mol. The fourth-order valence-corrected chi connectivity index (χ4v) is 1.56. The van der Waals surface area contributed by atoms with Gasteiger partial charge < -0.3 is 5.73 Å². The second-order valence-electron chi connectivity index (χ2n) is 3.92. The van der Waals surface area contributed by atoms with Gasteiger partial charge in [0.1, 0.15) is 5.15 Å². The molecule has 88 valence electrons. The minimum atomic E-state index is -0.339. The van der Waals surface area contributed by atoms with Crippen molar-refractivity contribution in [2.45, 2.75) is 26.4 Å². The highest BCUT2D eigenvalue weighted by atomic mass is 35.5. The number of hydrogen-bond donors (Lipinski definition) is 1. The van der Waals surface area contributed by atoms with E-state index in [0.29, 0.717) is 11.7 Å². The first-order valence-corrected chi connectivity index (χ1v) is 5.50. The van der Waals surface area contributed by atoms with Gasteiger partial charge in [0.05, 0.1) is 6.54 Å². The number of halogens is 1. The number of nitrogens with zero attached hydrogens (tertiary/aromatic N) is 2. The Kier molecular flexibility index (Phi) is 4.71. The van der Waals surface area contributed by atoms with E-state index in [2.05, 4.69) is 4.98 Å². The van der Waals surface area contributed by atoms with E-state index in [-0.39, 0.29) is 18.5 Å². The van der Waals surface area contributed by atoms with Crippen molar-refractivity contribution in [2.75, 3.05) is 6.54 Å². The number of hydrogen-bond acceptors (Lipinski definition) is 3. The normalized spacial score (nSPS) is 11.1. The van der Waals surface area contributed by atoms with Crippen LogP contribution in [-0.2, 0) is 11.3 Å². The van der Waals surface area contributed by atoms with Gasteiger partial charge in [-0.1, -0.05) is 17.7 Å². The Morgan fingerprint density at radius 3 is 2.81 bits per heavy atom. The summed E-state index contributed by atoms with van der Waals surface area (Å²) < 4.78 is 0. The third-order valence-electron chi connectivity index (χ3n) is 2.30. The van der Waals surface area contributed by atoms with Crippen molar-refractivity contribution in [2.24, 2.45) is 5.73 Å². The molecule has 1 amide bonds. The van der Waals surface area contributed by atoms with Crippen molar-refractivity contribution in [3.63, 3.8) is 0 Å². The first kappa shape index (κ1) is 12.9. The van der Waals surface area contributed by atoms with Gasteiger partial charge >= 0.3 is 0 Å². The summed E-state index contributed by atoms with van der Waals surface area (Å²) >= 11 is 5.96. The van der Waals surface area contributed by atoms with Crippen LogP contribution in [0.1, 0.15) is 19.4 Å². The lowest BCUT2D eigenvalue weighted by Crippen LogP contribution is -2.38. The summed E-state index contributed by atoms with van der Waals surface area (Å²) in [5, 5.41) is 0.470. The molecule has 5 heteroatoms. The molecule has 0 aromatic carbocycles. The van der Waals surface area contributed by atoms with Crippen LogP contribution in [0.3, 0.4) is 0 Å². The predicted molar refractivity (Wildman–Crippen MR) is 64.0 cm³/mol. The molecule has 0 spiro atoms. The highest BCUT2D eigenvalue weighted by Crippen LogP contribution is 2.15. The molecule has 16 heavy (non-hydrogen) atoms. The number of primary amides is 1. The Morgan fingerprint density at radius 2 is 2.31 bits per heavy atom. The third-order valence-corrected chi connectivity index (χ3v) is 2.64. The van der Waals surface area contributed by atoms with Gasteiger partial charge in [-0.05, 0) is 19.9 Å². The topological polar surface area (TPSA) is 59.2 Å². The van der Waals surface area contributed by atoms with Crippen LogP contribution >= 0.6 is 11.6 Å². The lowest BCUT2D eigenvalue weighted by Gasteiger charge is -2.25. The fourth-order valence-electron chi connectivity index (χ4n) is 1.38. The summed E-state index contributed by atoms with van der Waals surface area (Å²) in [6.07, 6.45) is 1.64. The molecular weight excluding hydrogens is 226 g/mol. The van der Waals surface area contributed by atoms with E-state index in [1.54, 1.807) is 6.20 Å². The van der Waals surface area contributed by atoms with Gasteiger partial charge in [-0.2, -0.15) is 0 Å². The van der Waals surface area contributed by atoms with Crippen molar-refractivity contribution < 1.29 is 4.79 Å². The summed E-state index contributed by atoms with van der Waals surface area (Å²) in [6.45, 7) is 4.82. The van der Waals surface area contributed by atoms with E-state index in [0.717, 1.165) is 5.56 Å². The average molecular weight is 242 g/mol. The Balaban J connectivity index is 2.76. The van der Waals surface area contributed by atoms with E-state index in [4.69, 9.17) is 17.3 Å². The van der Waals surface area contributed by atoms with Gasteiger partial charge in [0.15, 0.2) is 0 Å². The van der Waals surface area contributed by atoms with Crippen molar-refractivity contribution in [3.8, 4) is 0 Å². The highest BCUT2D eigenvalue weighted by Gasteiger charge is 2.14. The number of carbonyl (C=O) groups is 1. The fraction of sp³-hybridized carbons (Fsp3) is 0.455. The van der Waals surface area contributed by atoms with Crippen LogP contribution < -0.4 is 5.73 Å². The van der Waals surface area contributed by atoms with E-state index < -0.39 is 0 Å². The second-order valence-corrected chi connectivity index (χ2v) is 4.28. The molecule has 0 aliphatic rings. The molecule has 0 saturated carbocycles. The van der Waals surface area contributed by atoms with E-state index >= 15 is 0 Å². The molecular formula is C11H16ClN3O. The van der Waals surface area contributed by atoms with Gasteiger partial charge in [0.2, 0.25) is 5.91 Å². The van der Waals surface area contributed by atoms with Crippen LogP contribution in [0.25, 0.3) is 0 Å². The molecule has 0 fully saturated rings. The number of rotatable bonds is 5. The van der Waals surface area contributed by atoms with Crippen LogP contribution in [0.5, 0.6) is 0 Å². The third kappa shape index (κ3) is 3.79. The molecule has 0 aliphatic heterocycles. The predicted octanol–water partition coefficient (Wildman–Crippen LogP) is 1.43. The Bertz CT molecular complexity index is 368. The quantitative estimate of drug-likeness (QED) is 0.794. The number of aromatic nitrogens is 1. The van der Waals surface area contributed by atoms with E-state index in [9.17, 15) is 4.79 Å². The molecule has 0 atom stereocenters. The zero-order chi connectivity index (χ0) is 12.1. The van der Waals surface area contributed by atoms with Crippen LogP contribution in [0.15, 0.2) is 18.3 Å². The van der Waals surface area contributed by atoms with Gasteiger partial charge in [-0.3, -0.25) is 9.69 Å². The molecule has 0 bridgehead atoms. The van der Waals surface area contributed by atoms with Crippen molar-refractivity contribution in [3.05, 3.63) is 29.0 Å². The zero-order valence-electron chi connectivity index (χ0n) is 9.48. The molecule has 0 unspecified atom stereocenters. The second kappa shape index (κ2) is 5.82. The number of pyridine rings is 1. The summed E-state index contributed by atoms with van der Waals surface area (Å²) in [5.74, 6) is -0.339. The zero-order valence-corrected chi connectivity index (χ0v) is 10.2. The van der Waals surface area contributed by atoms with Gasteiger partial charge in [0, 0.05) is 24.3 Å². The molecule has 1 heterocycles. The van der Waals surface area contributed by atoms with Gasteiger partial charge in [0.25, 0.3) is 0 Å².